The average Bonchev–Trinajstić information content (AvgIpc) is 3.30. The van der Waals surface area contributed by atoms with Crippen molar-refractivity contribution in [3.05, 3.63) is 48.0 Å². The van der Waals surface area contributed by atoms with E-state index >= 15 is 0 Å². The van der Waals surface area contributed by atoms with Crippen molar-refractivity contribution in [2.75, 3.05) is 7.11 Å². The Labute approximate surface area is 119 Å². The van der Waals surface area contributed by atoms with Crippen LogP contribution in [0.2, 0.25) is 0 Å². The van der Waals surface area contributed by atoms with Crippen LogP contribution in [-0.4, -0.2) is 13.2 Å². The standard InChI is InChI=1S/C17H19NO2/c1-19-15-7-8-17(13(10-15)11-18)12-3-2-4-16(9-12)20-14-5-6-14/h2-4,7-10,14H,5-6,11,18H2,1H3. The molecular formula is C17H19NO2. The number of rotatable bonds is 5. The summed E-state index contributed by atoms with van der Waals surface area (Å²) in [6.07, 6.45) is 2.75. The highest BCUT2D eigenvalue weighted by Crippen LogP contribution is 2.32. The van der Waals surface area contributed by atoms with Gasteiger partial charge in [0, 0.05) is 6.54 Å². The van der Waals surface area contributed by atoms with Gasteiger partial charge >= 0.3 is 0 Å². The lowest BCUT2D eigenvalue weighted by molar-refractivity contribution is 0.303. The monoisotopic (exact) mass is 269 g/mol. The van der Waals surface area contributed by atoms with Crippen LogP contribution in [0.3, 0.4) is 0 Å². The predicted octanol–water partition coefficient (Wildman–Crippen LogP) is 3.36. The lowest BCUT2D eigenvalue weighted by Crippen LogP contribution is -2.00. The summed E-state index contributed by atoms with van der Waals surface area (Å²) >= 11 is 0. The highest BCUT2D eigenvalue weighted by Gasteiger charge is 2.23. The van der Waals surface area contributed by atoms with Crippen LogP contribution >= 0.6 is 0 Å². The zero-order valence-electron chi connectivity index (χ0n) is 11.6. The van der Waals surface area contributed by atoms with Gasteiger partial charge in [-0.25, -0.2) is 0 Å². The second-order valence-electron chi connectivity index (χ2n) is 5.07. The van der Waals surface area contributed by atoms with Gasteiger partial charge in [-0.15, -0.1) is 0 Å². The lowest BCUT2D eigenvalue weighted by atomic mass is 9.99. The van der Waals surface area contributed by atoms with E-state index in [2.05, 4.69) is 18.2 Å². The lowest BCUT2D eigenvalue weighted by Gasteiger charge is -2.12. The molecule has 0 saturated heterocycles. The number of hydrogen-bond donors (Lipinski definition) is 1. The number of benzene rings is 2. The molecule has 2 aromatic carbocycles. The smallest absolute Gasteiger partial charge is 0.120 e. The first kappa shape index (κ1) is 13.0. The van der Waals surface area contributed by atoms with Gasteiger partial charge in [-0.2, -0.15) is 0 Å². The summed E-state index contributed by atoms with van der Waals surface area (Å²) in [4.78, 5) is 0. The molecule has 3 rings (SSSR count). The maximum atomic E-state index is 5.85. The van der Waals surface area contributed by atoms with Gasteiger partial charge in [0.05, 0.1) is 13.2 Å². The van der Waals surface area contributed by atoms with Crippen molar-refractivity contribution in [3.63, 3.8) is 0 Å². The Balaban J connectivity index is 1.94. The van der Waals surface area contributed by atoms with Crippen molar-refractivity contribution < 1.29 is 9.47 Å². The molecule has 20 heavy (non-hydrogen) atoms. The van der Waals surface area contributed by atoms with Gasteiger partial charge in [-0.1, -0.05) is 18.2 Å². The quantitative estimate of drug-likeness (QED) is 0.905. The fourth-order valence-corrected chi connectivity index (χ4v) is 2.26. The highest BCUT2D eigenvalue weighted by molar-refractivity contribution is 5.69. The molecule has 1 aliphatic carbocycles. The second-order valence-corrected chi connectivity index (χ2v) is 5.07. The summed E-state index contributed by atoms with van der Waals surface area (Å²) in [5, 5.41) is 0. The topological polar surface area (TPSA) is 44.5 Å². The van der Waals surface area contributed by atoms with Gasteiger partial charge in [0.2, 0.25) is 0 Å². The molecule has 0 spiro atoms. The molecule has 0 atom stereocenters. The molecule has 0 heterocycles. The molecule has 0 aliphatic heterocycles. The second kappa shape index (κ2) is 5.55. The Kier molecular flexibility index (Phi) is 3.61. The fourth-order valence-electron chi connectivity index (χ4n) is 2.26. The maximum absolute atomic E-state index is 5.85. The normalized spacial score (nSPS) is 14.1. The van der Waals surface area contributed by atoms with Gasteiger partial charge in [0.25, 0.3) is 0 Å². The van der Waals surface area contributed by atoms with Crippen LogP contribution < -0.4 is 15.2 Å². The van der Waals surface area contributed by atoms with Crippen molar-refractivity contribution in [1.29, 1.82) is 0 Å². The van der Waals surface area contributed by atoms with E-state index in [9.17, 15) is 0 Å². The van der Waals surface area contributed by atoms with E-state index in [1.807, 2.05) is 24.3 Å². The van der Waals surface area contributed by atoms with Crippen molar-refractivity contribution in [1.82, 2.24) is 0 Å². The molecular weight excluding hydrogens is 250 g/mol. The molecule has 0 bridgehead atoms. The van der Waals surface area contributed by atoms with Crippen molar-refractivity contribution in [2.45, 2.75) is 25.5 Å². The van der Waals surface area contributed by atoms with E-state index in [0.717, 1.165) is 28.2 Å². The Morgan fingerprint density at radius 2 is 1.95 bits per heavy atom. The molecule has 0 unspecified atom stereocenters. The molecule has 3 nitrogen and oxygen atoms in total. The first-order valence-corrected chi connectivity index (χ1v) is 6.94. The van der Waals surface area contributed by atoms with Gasteiger partial charge in [0.1, 0.15) is 11.5 Å². The van der Waals surface area contributed by atoms with Crippen LogP contribution in [0, 0.1) is 0 Å². The van der Waals surface area contributed by atoms with Crippen LogP contribution in [0.15, 0.2) is 42.5 Å². The van der Waals surface area contributed by atoms with Crippen LogP contribution in [0.5, 0.6) is 11.5 Å². The summed E-state index contributed by atoms with van der Waals surface area (Å²) in [5.74, 6) is 1.77. The molecule has 1 saturated carbocycles. The zero-order valence-corrected chi connectivity index (χ0v) is 11.6. The molecule has 0 aromatic heterocycles. The molecule has 1 fully saturated rings. The van der Waals surface area contributed by atoms with Gasteiger partial charge < -0.3 is 15.2 Å². The average molecular weight is 269 g/mol. The third-order valence-corrected chi connectivity index (χ3v) is 3.50. The van der Waals surface area contributed by atoms with Crippen molar-refractivity contribution in [2.24, 2.45) is 5.73 Å². The molecule has 2 aromatic rings. The first-order valence-electron chi connectivity index (χ1n) is 6.94. The van der Waals surface area contributed by atoms with E-state index in [4.69, 9.17) is 15.2 Å². The zero-order chi connectivity index (χ0) is 13.9. The van der Waals surface area contributed by atoms with Crippen molar-refractivity contribution in [3.8, 4) is 22.6 Å². The van der Waals surface area contributed by atoms with Crippen molar-refractivity contribution >= 4 is 0 Å². The SMILES string of the molecule is COc1ccc(-c2cccc(OC3CC3)c2)c(CN)c1. The Hall–Kier alpha value is -2.00. The minimum absolute atomic E-state index is 0.412. The van der Waals surface area contributed by atoms with E-state index in [0.29, 0.717) is 12.6 Å². The minimum Gasteiger partial charge on any atom is -0.497 e. The Morgan fingerprint density at radius 3 is 2.65 bits per heavy atom. The van der Waals surface area contributed by atoms with Gasteiger partial charge in [0.15, 0.2) is 0 Å². The van der Waals surface area contributed by atoms with Gasteiger partial charge in [-0.3, -0.25) is 0 Å². The van der Waals surface area contributed by atoms with E-state index in [1.165, 1.54) is 12.8 Å². The van der Waals surface area contributed by atoms with E-state index in [-0.39, 0.29) is 0 Å². The van der Waals surface area contributed by atoms with Gasteiger partial charge in [-0.05, 0) is 53.8 Å². The summed E-state index contributed by atoms with van der Waals surface area (Å²) in [5.41, 5.74) is 9.19. The summed E-state index contributed by atoms with van der Waals surface area (Å²) in [7, 11) is 1.67. The Bertz CT molecular complexity index is 606. The number of hydrogen-bond acceptors (Lipinski definition) is 3. The van der Waals surface area contributed by atoms with Crippen LogP contribution in [0.4, 0.5) is 0 Å². The Morgan fingerprint density at radius 1 is 1.10 bits per heavy atom. The van der Waals surface area contributed by atoms with Crippen LogP contribution in [0.1, 0.15) is 18.4 Å². The summed E-state index contributed by atoms with van der Waals surface area (Å²) < 4.78 is 11.1. The fraction of sp³-hybridized carbons (Fsp3) is 0.294. The van der Waals surface area contributed by atoms with E-state index < -0.39 is 0 Å². The molecule has 104 valence electrons. The predicted molar refractivity (Wildman–Crippen MR) is 80.0 cm³/mol. The minimum atomic E-state index is 0.412. The molecule has 0 radical (unpaired) electrons. The third kappa shape index (κ3) is 2.78. The largest absolute Gasteiger partial charge is 0.497 e. The van der Waals surface area contributed by atoms with Crippen LogP contribution in [-0.2, 0) is 6.54 Å². The number of nitrogens with two attached hydrogens (primary N) is 1. The van der Waals surface area contributed by atoms with Crippen LogP contribution in [0.25, 0.3) is 11.1 Å². The highest BCUT2D eigenvalue weighted by atomic mass is 16.5. The third-order valence-electron chi connectivity index (χ3n) is 3.50. The van der Waals surface area contributed by atoms with E-state index in [1.54, 1.807) is 7.11 Å². The maximum Gasteiger partial charge on any atom is 0.120 e. The molecule has 1 aliphatic rings. The molecule has 3 heteroatoms. The number of methoxy groups -OCH3 is 1. The summed E-state index contributed by atoms with van der Waals surface area (Å²) in [6, 6.07) is 14.2. The molecule has 0 amide bonds. The molecule has 2 N–H and O–H groups in total. The number of ether oxygens (including phenoxy) is 2. The summed E-state index contributed by atoms with van der Waals surface area (Å²) in [6.45, 7) is 0.486. The first-order chi connectivity index (χ1) is 9.80.